The third-order valence-electron chi connectivity index (χ3n) is 3.15. The van der Waals surface area contributed by atoms with E-state index in [2.05, 4.69) is 20.4 Å². The van der Waals surface area contributed by atoms with E-state index in [9.17, 15) is 4.79 Å². The molecule has 1 aromatic carbocycles. The molecule has 0 radical (unpaired) electrons. The van der Waals surface area contributed by atoms with Crippen LogP contribution in [0.25, 0.3) is 17.1 Å². The van der Waals surface area contributed by atoms with Gasteiger partial charge in [0.2, 0.25) is 5.91 Å². The van der Waals surface area contributed by atoms with Crippen molar-refractivity contribution < 1.29 is 4.79 Å². The highest BCUT2D eigenvalue weighted by atomic mass is 16.1. The lowest BCUT2D eigenvalue weighted by molar-refractivity contribution is -0.111. The lowest BCUT2D eigenvalue weighted by atomic mass is 10.3. The summed E-state index contributed by atoms with van der Waals surface area (Å²) in [6, 6.07) is 9.36. The molecule has 2 heterocycles. The molecule has 0 unspecified atom stereocenters. The van der Waals surface area contributed by atoms with Gasteiger partial charge in [-0.05, 0) is 31.2 Å². The quantitative estimate of drug-likeness (QED) is 0.750. The van der Waals surface area contributed by atoms with Gasteiger partial charge >= 0.3 is 0 Å². The molecule has 1 N–H and O–H groups in total. The molecule has 0 fully saturated rings. The Morgan fingerprint density at radius 3 is 2.91 bits per heavy atom. The second kappa shape index (κ2) is 6.17. The Bertz CT molecular complexity index is 837. The summed E-state index contributed by atoms with van der Waals surface area (Å²) in [5, 5.41) is 6.85. The van der Waals surface area contributed by atoms with Gasteiger partial charge in [-0.15, -0.1) is 0 Å². The maximum absolute atomic E-state index is 11.9. The summed E-state index contributed by atoms with van der Waals surface area (Å²) in [7, 11) is 0. The van der Waals surface area contributed by atoms with E-state index in [-0.39, 0.29) is 5.91 Å². The zero-order valence-corrected chi connectivity index (χ0v) is 12.1. The monoisotopic (exact) mass is 293 g/mol. The minimum absolute atomic E-state index is 0.256. The van der Waals surface area contributed by atoms with Gasteiger partial charge in [-0.1, -0.05) is 12.1 Å². The number of amides is 1. The molecular formula is C16H15N5O. The van der Waals surface area contributed by atoms with Crippen molar-refractivity contribution in [2.24, 2.45) is 0 Å². The fourth-order valence-electron chi connectivity index (χ4n) is 2.10. The second-order valence-electron chi connectivity index (χ2n) is 4.64. The molecule has 0 saturated heterocycles. The molecule has 6 heteroatoms. The van der Waals surface area contributed by atoms with Gasteiger partial charge in [0, 0.05) is 18.8 Å². The van der Waals surface area contributed by atoms with Gasteiger partial charge in [0.15, 0.2) is 5.82 Å². The first-order chi connectivity index (χ1) is 10.8. The lowest BCUT2D eigenvalue weighted by Crippen LogP contribution is -2.10. The topological polar surface area (TPSA) is 72.7 Å². The number of aryl methyl sites for hydroxylation is 1. The molecule has 2 aromatic heterocycles. The highest BCUT2D eigenvalue weighted by Crippen LogP contribution is 2.11. The largest absolute Gasteiger partial charge is 0.306 e. The molecular weight excluding hydrogens is 278 g/mol. The van der Waals surface area contributed by atoms with Gasteiger partial charge in [-0.3, -0.25) is 14.5 Å². The molecule has 0 saturated carbocycles. The number of anilines is 1. The van der Waals surface area contributed by atoms with Crippen molar-refractivity contribution in [3.8, 4) is 0 Å². The lowest BCUT2D eigenvalue weighted by Gasteiger charge is -2.03. The van der Waals surface area contributed by atoms with Crippen LogP contribution in [0.4, 0.5) is 5.82 Å². The molecule has 0 bridgehead atoms. The van der Waals surface area contributed by atoms with Crippen molar-refractivity contribution in [2.45, 2.75) is 13.5 Å². The first kappa shape index (κ1) is 13.9. The number of hydrogen-bond donors (Lipinski definition) is 1. The number of carbonyl (C=O) groups excluding carboxylic acids is 1. The molecule has 3 aromatic rings. The Kier molecular flexibility index (Phi) is 3.91. The zero-order valence-electron chi connectivity index (χ0n) is 12.1. The number of hydrogen-bond acceptors (Lipinski definition) is 4. The standard InChI is InChI=1S/C16H15N5O/c1-2-21-12(9-10-18-21)7-8-16(22)20-15-11-17-13-5-3-4-6-14(13)19-15/h3-11H,2H2,1H3,(H,19,20,22)/b8-7+. The third kappa shape index (κ3) is 3.01. The van der Waals surface area contributed by atoms with Crippen LogP contribution < -0.4 is 5.32 Å². The summed E-state index contributed by atoms with van der Waals surface area (Å²) in [6.07, 6.45) is 6.43. The van der Waals surface area contributed by atoms with Gasteiger partial charge in [-0.2, -0.15) is 5.10 Å². The maximum Gasteiger partial charge on any atom is 0.249 e. The van der Waals surface area contributed by atoms with Crippen LogP contribution in [-0.2, 0) is 11.3 Å². The molecule has 3 rings (SSSR count). The summed E-state index contributed by atoms with van der Waals surface area (Å²) >= 11 is 0. The first-order valence-electron chi connectivity index (χ1n) is 6.99. The van der Waals surface area contributed by atoms with Crippen molar-refractivity contribution in [2.75, 3.05) is 5.32 Å². The first-order valence-corrected chi connectivity index (χ1v) is 6.99. The van der Waals surface area contributed by atoms with Gasteiger partial charge in [-0.25, -0.2) is 4.98 Å². The van der Waals surface area contributed by atoms with E-state index in [1.54, 1.807) is 23.2 Å². The molecule has 22 heavy (non-hydrogen) atoms. The van der Waals surface area contributed by atoms with Crippen molar-refractivity contribution >= 4 is 28.8 Å². The molecule has 6 nitrogen and oxygen atoms in total. The summed E-state index contributed by atoms with van der Waals surface area (Å²) in [4.78, 5) is 20.6. The number of aromatic nitrogens is 4. The van der Waals surface area contributed by atoms with Crippen LogP contribution in [-0.4, -0.2) is 25.7 Å². The SMILES string of the molecule is CCn1nccc1/C=C/C(=O)Nc1cnc2ccccc2n1. The van der Waals surface area contributed by atoms with Gasteiger partial charge in [0.1, 0.15) is 0 Å². The van der Waals surface area contributed by atoms with E-state index in [4.69, 9.17) is 0 Å². The fraction of sp³-hybridized carbons (Fsp3) is 0.125. The van der Waals surface area contributed by atoms with Crippen LogP contribution in [0.3, 0.4) is 0 Å². The zero-order chi connectivity index (χ0) is 15.4. The van der Waals surface area contributed by atoms with E-state index in [0.29, 0.717) is 5.82 Å². The molecule has 0 atom stereocenters. The highest BCUT2D eigenvalue weighted by Gasteiger charge is 2.03. The number of fused-ring (bicyclic) bond motifs is 1. The summed E-state index contributed by atoms with van der Waals surface area (Å²) in [5.41, 5.74) is 2.42. The average molecular weight is 293 g/mol. The molecule has 0 aliphatic rings. The highest BCUT2D eigenvalue weighted by molar-refractivity contribution is 6.01. The summed E-state index contributed by atoms with van der Waals surface area (Å²) < 4.78 is 1.81. The smallest absolute Gasteiger partial charge is 0.249 e. The number of nitrogens with zero attached hydrogens (tertiary/aromatic N) is 4. The van der Waals surface area contributed by atoms with Gasteiger partial charge in [0.25, 0.3) is 0 Å². The maximum atomic E-state index is 11.9. The number of rotatable bonds is 4. The summed E-state index contributed by atoms with van der Waals surface area (Å²) in [6.45, 7) is 2.75. The van der Waals surface area contributed by atoms with Gasteiger partial charge < -0.3 is 5.32 Å². The number of carbonyl (C=O) groups is 1. The van der Waals surface area contributed by atoms with Crippen molar-refractivity contribution in [3.63, 3.8) is 0 Å². The number of nitrogens with one attached hydrogen (secondary N) is 1. The van der Waals surface area contributed by atoms with Crippen LogP contribution in [0, 0.1) is 0 Å². The fourth-order valence-corrected chi connectivity index (χ4v) is 2.10. The van der Waals surface area contributed by atoms with Crippen LogP contribution >= 0.6 is 0 Å². The molecule has 0 aliphatic heterocycles. The average Bonchev–Trinajstić information content (AvgIpc) is 3.00. The number of benzene rings is 1. The van der Waals surface area contributed by atoms with E-state index in [0.717, 1.165) is 23.3 Å². The summed E-state index contributed by atoms with van der Waals surface area (Å²) in [5.74, 6) is 0.172. The van der Waals surface area contributed by atoms with E-state index in [1.807, 2.05) is 37.3 Å². The Hall–Kier alpha value is -3.02. The molecule has 1 amide bonds. The minimum Gasteiger partial charge on any atom is -0.306 e. The minimum atomic E-state index is -0.256. The molecule has 0 aliphatic carbocycles. The van der Waals surface area contributed by atoms with Crippen molar-refractivity contribution in [3.05, 3.63) is 54.5 Å². The van der Waals surface area contributed by atoms with Crippen molar-refractivity contribution in [1.82, 2.24) is 19.7 Å². The van der Waals surface area contributed by atoms with Crippen LogP contribution in [0.1, 0.15) is 12.6 Å². The van der Waals surface area contributed by atoms with E-state index in [1.165, 1.54) is 6.08 Å². The molecule has 110 valence electrons. The normalized spacial score (nSPS) is 11.1. The predicted octanol–water partition coefficient (Wildman–Crippen LogP) is 2.50. The Labute approximate surface area is 127 Å². The van der Waals surface area contributed by atoms with Crippen LogP contribution in [0.5, 0.6) is 0 Å². The van der Waals surface area contributed by atoms with Crippen LogP contribution in [0.15, 0.2) is 48.8 Å². The predicted molar refractivity (Wildman–Crippen MR) is 85.1 cm³/mol. The van der Waals surface area contributed by atoms with E-state index >= 15 is 0 Å². The Morgan fingerprint density at radius 2 is 2.09 bits per heavy atom. The van der Waals surface area contributed by atoms with Gasteiger partial charge in [0.05, 0.1) is 22.9 Å². The second-order valence-corrected chi connectivity index (χ2v) is 4.64. The van der Waals surface area contributed by atoms with Crippen LogP contribution in [0.2, 0.25) is 0 Å². The third-order valence-corrected chi connectivity index (χ3v) is 3.15. The van der Waals surface area contributed by atoms with Crippen molar-refractivity contribution in [1.29, 1.82) is 0 Å². The number of para-hydroxylation sites is 2. The Morgan fingerprint density at radius 1 is 1.27 bits per heavy atom. The van der Waals surface area contributed by atoms with E-state index < -0.39 is 0 Å². The molecule has 0 spiro atoms. The Balaban J connectivity index is 1.73.